The van der Waals surface area contributed by atoms with Crippen LogP contribution < -0.4 is 52.3 Å². The number of halogens is 2. The molecular formula is C85H81Cl2N3O16S. The van der Waals surface area contributed by atoms with Crippen molar-refractivity contribution in [2.24, 2.45) is 4.99 Å². The Labute approximate surface area is 628 Å². The third-order valence-electron chi connectivity index (χ3n) is 19.6. The van der Waals surface area contributed by atoms with Crippen LogP contribution in [0.2, 0.25) is 10.0 Å². The van der Waals surface area contributed by atoms with Crippen LogP contribution in [0, 0.1) is 6.92 Å². The van der Waals surface area contributed by atoms with Crippen LogP contribution in [0.3, 0.4) is 0 Å². The topological polar surface area (TPSA) is 307 Å². The first-order valence-corrected chi connectivity index (χ1v) is 36.8. The van der Waals surface area contributed by atoms with Crippen LogP contribution in [0.1, 0.15) is 103 Å². The average molecular weight is 1500 g/mol. The van der Waals surface area contributed by atoms with Crippen LogP contribution in [0.15, 0.2) is 213 Å². The lowest BCUT2D eigenvalue weighted by atomic mass is 9.78. The summed E-state index contributed by atoms with van der Waals surface area (Å²) in [6.45, 7) is 23.2. The number of ether oxygens (including phenoxy) is 3. The molecule has 9 N–H and O–H groups in total. The lowest BCUT2D eigenvalue weighted by Gasteiger charge is -2.27. The highest BCUT2D eigenvalue weighted by molar-refractivity contribution is 8.19. The van der Waals surface area contributed by atoms with E-state index in [9.17, 15) is 43.0 Å². The molecule has 107 heavy (non-hydrogen) atoms. The number of nitrogens with zero attached hydrogens (tertiary/aromatic N) is 1. The van der Waals surface area contributed by atoms with Crippen LogP contribution in [0.5, 0.6) is 34.5 Å². The molecule has 2 atom stereocenters. The van der Waals surface area contributed by atoms with Gasteiger partial charge >= 0.3 is 11.6 Å². The minimum absolute atomic E-state index is 0.00567. The Morgan fingerprint density at radius 3 is 1.84 bits per heavy atom. The number of benzene rings is 10. The molecule has 0 saturated heterocycles. The summed E-state index contributed by atoms with van der Waals surface area (Å²) in [5, 5.41) is 36.3. The van der Waals surface area contributed by atoms with Gasteiger partial charge in [-0.3, -0.25) is 19.4 Å². The van der Waals surface area contributed by atoms with Crippen molar-refractivity contribution in [3.05, 3.63) is 261 Å². The number of rotatable bonds is 8. The molecule has 1 aromatic heterocycles. The van der Waals surface area contributed by atoms with Crippen molar-refractivity contribution in [2.45, 2.75) is 110 Å². The predicted octanol–water partition coefficient (Wildman–Crippen LogP) is 19.2. The molecule has 552 valence electrons. The van der Waals surface area contributed by atoms with E-state index >= 15 is 0 Å². The summed E-state index contributed by atoms with van der Waals surface area (Å²) in [6.07, 6.45) is -0.529. The quantitative estimate of drug-likeness (QED) is 0.0398. The van der Waals surface area contributed by atoms with E-state index in [1.807, 2.05) is 94.4 Å². The van der Waals surface area contributed by atoms with Gasteiger partial charge in [0.1, 0.15) is 55.1 Å². The number of fused-ring (bicyclic) bond motifs is 9. The summed E-state index contributed by atoms with van der Waals surface area (Å²) in [4.78, 5) is 51.2. The lowest BCUT2D eigenvalue weighted by molar-refractivity contribution is -0.136. The van der Waals surface area contributed by atoms with E-state index in [1.165, 1.54) is 78.9 Å². The van der Waals surface area contributed by atoms with Crippen molar-refractivity contribution in [1.29, 1.82) is 0 Å². The monoisotopic (exact) mass is 1500 g/mol. The highest BCUT2D eigenvalue weighted by Gasteiger charge is 2.40. The number of anilines is 2. The largest absolute Gasteiger partial charge is 0.508 e. The van der Waals surface area contributed by atoms with Crippen LogP contribution in [-0.2, 0) is 22.0 Å². The number of aryl methyl sites for hydroxylation is 1. The number of nitrogen functional groups attached to an aromatic ring is 1. The summed E-state index contributed by atoms with van der Waals surface area (Å²) in [5.74, 6) is 1.45. The van der Waals surface area contributed by atoms with E-state index in [0.29, 0.717) is 33.9 Å². The first-order chi connectivity index (χ1) is 51.0. The normalized spacial score (nSPS) is 14.7. The number of carboxylic acids is 1. The summed E-state index contributed by atoms with van der Waals surface area (Å²) < 4.78 is 61.7. The fourth-order valence-corrected chi connectivity index (χ4v) is 14.6. The van der Waals surface area contributed by atoms with E-state index in [4.69, 9.17) is 66.5 Å². The number of aliphatic carboxylic acids is 1. The molecule has 19 nitrogen and oxygen atoms in total. The Morgan fingerprint density at radius 2 is 1.23 bits per heavy atom. The van der Waals surface area contributed by atoms with E-state index in [2.05, 4.69) is 101 Å². The van der Waals surface area contributed by atoms with Crippen molar-refractivity contribution < 1.29 is 61.2 Å². The summed E-state index contributed by atoms with van der Waals surface area (Å²) in [5.41, 5.74) is 17.7. The zero-order valence-electron chi connectivity index (χ0n) is 61.1. The van der Waals surface area contributed by atoms with E-state index in [0.717, 1.165) is 55.3 Å². The van der Waals surface area contributed by atoms with Crippen molar-refractivity contribution in [1.82, 2.24) is 0 Å². The van der Waals surface area contributed by atoms with Crippen LogP contribution in [-0.4, -0.2) is 61.3 Å². The maximum atomic E-state index is 12.4. The molecule has 2 unspecified atom stereocenters. The fraction of sp³-hybridized carbons (Fsp3) is 0.212. The molecule has 0 spiro atoms. The number of carboxylic acid groups (broad SMARTS) is 1. The zero-order valence-corrected chi connectivity index (χ0v) is 63.4. The molecule has 16 rings (SSSR count). The summed E-state index contributed by atoms with van der Waals surface area (Å²) in [7, 11) is -1.22. The number of phenolic OH excluding ortho intramolecular Hbond substituents is 2. The molecule has 6 heterocycles. The molecule has 5 aliphatic heterocycles. The Balaban J connectivity index is 0.000000142. The first kappa shape index (κ1) is 77.0. The number of phenols is 2. The van der Waals surface area contributed by atoms with Gasteiger partial charge in [0.25, 0.3) is 0 Å². The van der Waals surface area contributed by atoms with Gasteiger partial charge in [-0.05, 0) is 109 Å². The average Bonchev–Trinajstić information content (AvgIpc) is 1.70. The SMILES string of the molecule is CC.CC.CC1N=c2cc3c(cc2C1(C)C)=C(c1ccccc1)c1cc2c(cc1O3)NC(C)C2(C)C.COc1cc2c(-c3ccccc3)c3cc(OC)c(=O)c(Cl)c-3oc2c(Cl)c1O.Cc1c(CC(=O)O)c(=O)oc2cc(N)c(S(O)(O)O)cc12.O=c1ccc2c(-c3ccccc3)c3ccc(O)cc3oc-2c1. The van der Waals surface area contributed by atoms with Gasteiger partial charge in [0.05, 0.1) is 48.2 Å². The van der Waals surface area contributed by atoms with Crippen LogP contribution in [0.4, 0.5) is 11.4 Å². The van der Waals surface area contributed by atoms with Crippen LogP contribution in [0.25, 0.3) is 83.4 Å². The number of hydrogen-bond acceptors (Lipinski definition) is 18. The zero-order chi connectivity index (χ0) is 77.5. The fourth-order valence-electron chi connectivity index (χ4n) is 13.4. The molecule has 0 bridgehead atoms. The molecule has 8 aromatic carbocycles. The Bertz CT molecular complexity index is 5860. The Morgan fingerprint density at radius 1 is 0.626 bits per heavy atom. The number of nitrogens with one attached hydrogen (secondary N) is 1. The number of hydrogen-bond donors (Lipinski definition) is 8. The maximum absolute atomic E-state index is 12.4. The summed E-state index contributed by atoms with van der Waals surface area (Å²) in [6, 6.07) is 55.2. The third kappa shape index (κ3) is 14.6. The second-order valence-electron chi connectivity index (χ2n) is 26.4. The standard InChI is InChI=1S/C29H30N2O.C21H14Cl2O5.C19H12O3.C12H13NO7S.2C2H6/c1-16-28(3,4)21-12-19-25(14-23(21)30-16)32-26-15-24-22(29(5,6)17(2)31-24)13-20(26)27(19)18-10-8-7-9-11-18;1-26-13-8-11-15(10-6-4-3-5-7-10)12-9-14(27-2)19(25)17(23)21(12)28-20(11)16(22)18(13)24;20-13-6-8-15-17(10-13)22-18-11-14(21)7-9-16(18)19(15)12-4-2-1-3-5-12;1-5-6-2-10(21(17,18)19)8(13)4-9(6)20-12(16)7(5)3-11(14)15;2*1-2/h7-17,30H,1-6H3;3-9,24H,1-2H3;1-11,20H;2,4,17-19H,3,13H2,1H3,(H,14,15);2*1-2H3. The number of carbonyl (C=O) groups is 1. The van der Waals surface area contributed by atoms with Crippen LogP contribution >= 0.6 is 34.1 Å². The van der Waals surface area contributed by atoms with Gasteiger partial charge in [0.15, 0.2) is 34.0 Å². The van der Waals surface area contributed by atoms with Crippen molar-refractivity contribution in [3.63, 3.8) is 0 Å². The number of nitrogens with two attached hydrogens (primary N) is 1. The van der Waals surface area contributed by atoms with E-state index in [1.54, 1.807) is 30.3 Å². The minimum Gasteiger partial charge on any atom is -0.508 e. The smallest absolute Gasteiger partial charge is 0.340 e. The first-order valence-electron chi connectivity index (χ1n) is 34.6. The molecule has 22 heteroatoms. The Hall–Kier alpha value is -11.1. The highest BCUT2D eigenvalue weighted by Crippen LogP contribution is 2.52. The molecule has 2 aliphatic carbocycles. The third-order valence-corrected chi connectivity index (χ3v) is 21.2. The van der Waals surface area contributed by atoms with Gasteiger partial charge in [-0.1, -0.05) is 170 Å². The van der Waals surface area contributed by atoms with Crippen molar-refractivity contribution >= 4 is 89.9 Å². The van der Waals surface area contributed by atoms with Gasteiger partial charge in [-0.15, -0.1) is 0 Å². The molecule has 7 aliphatic rings. The van der Waals surface area contributed by atoms with Gasteiger partial charge in [-0.2, -0.15) is 0 Å². The number of aromatic hydroxyl groups is 2. The molecule has 0 saturated carbocycles. The molecule has 9 aromatic rings. The second-order valence-corrected chi connectivity index (χ2v) is 28.7. The van der Waals surface area contributed by atoms with Crippen molar-refractivity contribution in [2.75, 3.05) is 25.3 Å². The van der Waals surface area contributed by atoms with Crippen molar-refractivity contribution in [3.8, 4) is 79.4 Å². The predicted molar refractivity (Wildman–Crippen MR) is 425 cm³/mol. The maximum Gasteiger partial charge on any atom is 0.340 e. The van der Waals surface area contributed by atoms with E-state index < -0.39 is 34.3 Å². The van der Waals surface area contributed by atoms with Gasteiger partial charge in [0.2, 0.25) is 5.43 Å². The molecule has 0 radical (unpaired) electrons. The van der Waals surface area contributed by atoms with Gasteiger partial charge in [-0.25, -0.2) is 4.79 Å². The minimum atomic E-state index is -4.05. The summed E-state index contributed by atoms with van der Waals surface area (Å²) >= 11 is 12.7. The molecule has 0 fully saturated rings. The Kier molecular flexibility index (Phi) is 22.1. The molecular weight excluding hydrogens is 1420 g/mol. The number of methoxy groups -OCH3 is 2. The van der Waals surface area contributed by atoms with Gasteiger partial charge in [0, 0.05) is 108 Å². The van der Waals surface area contributed by atoms with Gasteiger partial charge < -0.3 is 67.5 Å². The highest BCUT2D eigenvalue weighted by atomic mass is 35.5. The van der Waals surface area contributed by atoms with E-state index in [-0.39, 0.29) is 93.8 Å². The molecule has 0 amide bonds. The second kappa shape index (κ2) is 30.8. The lowest BCUT2D eigenvalue weighted by Crippen LogP contribution is -2.30.